The van der Waals surface area contributed by atoms with E-state index in [0.717, 1.165) is 15.0 Å². The molecule has 6 heteroatoms. The molecule has 24 heavy (non-hydrogen) atoms. The molecular weight excluding hydrogens is 419 g/mol. The number of halogens is 1. The van der Waals surface area contributed by atoms with Gasteiger partial charge in [-0.1, -0.05) is 0 Å². The lowest BCUT2D eigenvalue weighted by molar-refractivity contribution is -0.127. The number of amides is 1. The molecule has 0 saturated carbocycles. The van der Waals surface area contributed by atoms with Crippen molar-refractivity contribution in [3.63, 3.8) is 0 Å². The van der Waals surface area contributed by atoms with Gasteiger partial charge in [0.05, 0.1) is 0 Å². The Balaban J connectivity index is 1.92. The predicted molar refractivity (Wildman–Crippen MR) is 103 cm³/mol. The van der Waals surface area contributed by atoms with Gasteiger partial charge in [-0.2, -0.15) is 5.10 Å². The minimum Gasteiger partial charge on any atom is -0.481 e. The number of hydrogen-bond donors (Lipinski definition) is 1. The Labute approximate surface area is 155 Å². The molecule has 1 N–H and O–H groups in total. The fraction of sp³-hybridized carbons (Fsp3) is 0.222. The average molecular weight is 438 g/mol. The highest BCUT2D eigenvalue weighted by Gasteiger charge is 2.14. The third-order valence-corrected chi connectivity index (χ3v) is 3.66. The average Bonchev–Trinajstić information content (AvgIpc) is 2.56. The first-order chi connectivity index (χ1) is 11.4. The molecule has 126 valence electrons. The number of nitrogens with one attached hydrogen (secondary N) is 1. The first kappa shape index (κ1) is 18.3. The predicted octanol–water partition coefficient (Wildman–Crippen LogP) is 4.36. The normalized spacial score (nSPS) is 11.3. The van der Waals surface area contributed by atoms with Crippen LogP contribution < -0.4 is 14.9 Å². The molecule has 0 saturated heterocycles. The number of nitrogens with zero attached hydrogens (tertiary/aromatic N) is 1. The highest BCUT2D eigenvalue weighted by molar-refractivity contribution is 14.1. The largest absolute Gasteiger partial charge is 0.481 e. The summed E-state index contributed by atoms with van der Waals surface area (Å²) in [7, 11) is 0. The summed E-state index contributed by atoms with van der Waals surface area (Å²) in [4.78, 5) is 11.8. The van der Waals surface area contributed by atoms with Crippen LogP contribution in [-0.4, -0.2) is 17.7 Å². The molecule has 1 amide bonds. The van der Waals surface area contributed by atoms with Gasteiger partial charge in [0.15, 0.2) is 6.10 Å². The van der Waals surface area contributed by atoms with E-state index in [0.29, 0.717) is 11.5 Å². The Kier molecular flexibility index (Phi) is 6.60. The topological polar surface area (TPSA) is 59.9 Å². The lowest BCUT2D eigenvalue weighted by Crippen LogP contribution is -2.33. The molecule has 0 aliphatic heterocycles. The Hall–Kier alpha value is -2.09. The lowest BCUT2D eigenvalue weighted by Gasteiger charge is -2.13. The number of ether oxygens (including phenoxy) is 2. The van der Waals surface area contributed by atoms with Crippen LogP contribution in [0.1, 0.15) is 20.8 Å². The van der Waals surface area contributed by atoms with Crippen LogP contribution in [0.4, 0.5) is 0 Å². The van der Waals surface area contributed by atoms with Gasteiger partial charge >= 0.3 is 0 Å². The van der Waals surface area contributed by atoms with Gasteiger partial charge in [0.2, 0.25) is 0 Å². The summed E-state index contributed by atoms with van der Waals surface area (Å²) in [6.45, 7) is 5.28. The van der Waals surface area contributed by atoms with E-state index in [1.165, 1.54) is 0 Å². The second-order valence-electron chi connectivity index (χ2n) is 5.32. The highest BCUT2D eigenvalue weighted by Crippen LogP contribution is 2.24. The Morgan fingerprint density at radius 1 is 1.00 bits per heavy atom. The van der Waals surface area contributed by atoms with E-state index in [9.17, 15) is 4.79 Å². The smallest absolute Gasteiger partial charge is 0.280 e. The van der Waals surface area contributed by atoms with E-state index in [-0.39, 0.29) is 5.91 Å². The molecule has 0 aromatic heterocycles. The molecule has 0 spiro atoms. The van der Waals surface area contributed by atoms with Gasteiger partial charge in [-0.3, -0.25) is 4.79 Å². The van der Waals surface area contributed by atoms with E-state index in [1.54, 1.807) is 45.0 Å². The first-order valence-corrected chi connectivity index (χ1v) is 8.53. The molecule has 1 atom stereocenters. The van der Waals surface area contributed by atoms with E-state index < -0.39 is 6.10 Å². The summed E-state index contributed by atoms with van der Waals surface area (Å²) in [6, 6.07) is 14.9. The Morgan fingerprint density at radius 2 is 1.50 bits per heavy atom. The van der Waals surface area contributed by atoms with Crippen molar-refractivity contribution in [3.05, 3.63) is 52.1 Å². The van der Waals surface area contributed by atoms with Crippen molar-refractivity contribution in [1.29, 1.82) is 0 Å². The second kappa shape index (κ2) is 8.68. The van der Waals surface area contributed by atoms with Crippen LogP contribution >= 0.6 is 22.6 Å². The van der Waals surface area contributed by atoms with Crippen molar-refractivity contribution in [2.75, 3.05) is 0 Å². The Morgan fingerprint density at radius 3 is 2.04 bits per heavy atom. The zero-order valence-electron chi connectivity index (χ0n) is 13.7. The van der Waals surface area contributed by atoms with Crippen LogP contribution in [0.5, 0.6) is 17.2 Å². The van der Waals surface area contributed by atoms with Gasteiger partial charge in [0.25, 0.3) is 5.91 Å². The van der Waals surface area contributed by atoms with Crippen LogP contribution in [0, 0.1) is 3.57 Å². The maximum absolute atomic E-state index is 11.8. The molecule has 0 radical (unpaired) electrons. The lowest BCUT2D eigenvalue weighted by atomic mass is 10.3. The van der Waals surface area contributed by atoms with E-state index in [2.05, 4.69) is 33.1 Å². The summed E-state index contributed by atoms with van der Waals surface area (Å²) < 4.78 is 12.5. The minimum absolute atomic E-state index is 0.296. The van der Waals surface area contributed by atoms with Gasteiger partial charge < -0.3 is 9.47 Å². The number of hydrazone groups is 1. The number of carbonyl (C=O) groups excluding carboxylic acids is 1. The second-order valence-corrected chi connectivity index (χ2v) is 6.57. The molecule has 2 aromatic rings. The van der Waals surface area contributed by atoms with Gasteiger partial charge in [0.1, 0.15) is 17.2 Å². The molecule has 0 bridgehead atoms. The molecule has 0 fully saturated rings. The first-order valence-electron chi connectivity index (χ1n) is 7.45. The molecule has 2 rings (SSSR count). The quantitative estimate of drug-likeness (QED) is 0.414. The van der Waals surface area contributed by atoms with Crippen molar-refractivity contribution in [3.8, 4) is 17.2 Å². The van der Waals surface area contributed by atoms with Crippen molar-refractivity contribution >= 4 is 34.2 Å². The number of benzene rings is 2. The van der Waals surface area contributed by atoms with Crippen LogP contribution in [0.25, 0.3) is 0 Å². The van der Waals surface area contributed by atoms with Crippen LogP contribution in [-0.2, 0) is 4.79 Å². The van der Waals surface area contributed by atoms with Gasteiger partial charge in [0, 0.05) is 9.28 Å². The fourth-order valence-electron chi connectivity index (χ4n) is 1.74. The molecule has 5 nitrogen and oxygen atoms in total. The number of hydrogen-bond acceptors (Lipinski definition) is 4. The van der Waals surface area contributed by atoms with Gasteiger partial charge in [-0.15, -0.1) is 0 Å². The van der Waals surface area contributed by atoms with Gasteiger partial charge in [-0.25, -0.2) is 5.43 Å². The maximum Gasteiger partial charge on any atom is 0.280 e. The third-order valence-electron chi connectivity index (χ3n) is 2.94. The summed E-state index contributed by atoms with van der Waals surface area (Å²) in [5, 5.41) is 3.87. The third kappa shape index (κ3) is 5.84. The van der Waals surface area contributed by atoms with Crippen molar-refractivity contribution in [1.82, 2.24) is 5.43 Å². The SMILES string of the molecule is CC(C)=NNC(=O)[C@@H](C)Oc1ccc(Oc2ccc(I)cc2)cc1. The monoisotopic (exact) mass is 438 g/mol. The van der Waals surface area contributed by atoms with Crippen LogP contribution in [0.3, 0.4) is 0 Å². The van der Waals surface area contributed by atoms with Crippen LogP contribution in [0.2, 0.25) is 0 Å². The zero-order valence-corrected chi connectivity index (χ0v) is 15.9. The van der Waals surface area contributed by atoms with E-state index >= 15 is 0 Å². The summed E-state index contributed by atoms with van der Waals surface area (Å²) in [6.07, 6.45) is -0.643. The highest BCUT2D eigenvalue weighted by atomic mass is 127. The minimum atomic E-state index is -0.643. The standard InChI is InChI=1S/C18H19IN2O3/c1-12(2)20-21-18(22)13(3)23-15-8-10-17(11-9-15)24-16-6-4-14(19)5-7-16/h4-11,13H,1-3H3,(H,21,22)/t13-/m1/s1. The molecule has 0 aliphatic rings. The van der Waals surface area contributed by atoms with Crippen molar-refractivity contribution < 1.29 is 14.3 Å². The zero-order chi connectivity index (χ0) is 17.5. The number of rotatable bonds is 6. The Bertz CT molecular complexity index is 708. The summed E-state index contributed by atoms with van der Waals surface area (Å²) in [5.74, 6) is 1.76. The van der Waals surface area contributed by atoms with Gasteiger partial charge in [-0.05, 0) is 91.9 Å². The van der Waals surface area contributed by atoms with Crippen molar-refractivity contribution in [2.45, 2.75) is 26.9 Å². The number of carbonyl (C=O) groups is 1. The molecule has 0 unspecified atom stereocenters. The fourth-order valence-corrected chi connectivity index (χ4v) is 2.10. The van der Waals surface area contributed by atoms with Crippen molar-refractivity contribution in [2.24, 2.45) is 5.10 Å². The van der Waals surface area contributed by atoms with E-state index in [4.69, 9.17) is 9.47 Å². The maximum atomic E-state index is 11.8. The molecule has 2 aromatic carbocycles. The van der Waals surface area contributed by atoms with E-state index in [1.807, 2.05) is 24.3 Å². The van der Waals surface area contributed by atoms with Crippen LogP contribution in [0.15, 0.2) is 53.6 Å². The molecule has 0 heterocycles. The molecule has 0 aliphatic carbocycles. The summed E-state index contributed by atoms with van der Waals surface area (Å²) >= 11 is 2.24. The molecular formula is C18H19IN2O3. The summed E-state index contributed by atoms with van der Waals surface area (Å²) in [5.41, 5.74) is 3.22.